The van der Waals surface area contributed by atoms with Crippen LogP contribution >= 0.6 is 0 Å². The van der Waals surface area contributed by atoms with Crippen molar-refractivity contribution in [2.45, 2.75) is 33.2 Å². The highest BCUT2D eigenvalue weighted by atomic mass is 16.1. The third kappa shape index (κ3) is 3.35. The summed E-state index contributed by atoms with van der Waals surface area (Å²) in [5.41, 5.74) is 8.13. The number of nitrogens with two attached hydrogens (primary N) is 1. The predicted octanol–water partition coefficient (Wildman–Crippen LogP) is 2.15. The van der Waals surface area contributed by atoms with Crippen LogP contribution in [0.5, 0.6) is 0 Å². The first-order valence-electron chi connectivity index (χ1n) is 5.67. The fourth-order valence-electron chi connectivity index (χ4n) is 1.33. The van der Waals surface area contributed by atoms with Crippen LogP contribution in [0.3, 0.4) is 0 Å². The maximum atomic E-state index is 11.8. The highest BCUT2D eigenvalue weighted by molar-refractivity contribution is 5.98. The molecule has 0 saturated heterocycles. The van der Waals surface area contributed by atoms with E-state index in [1.54, 1.807) is 6.07 Å². The number of carbonyl (C=O) groups excluding carboxylic acids is 1. The van der Waals surface area contributed by atoms with Crippen LogP contribution < -0.4 is 11.1 Å². The molecule has 0 aromatic heterocycles. The second kappa shape index (κ2) is 5.66. The van der Waals surface area contributed by atoms with Crippen LogP contribution in [0.4, 0.5) is 5.69 Å². The molecule has 0 aliphatic heterocycles. The predicted molar refractivity (Wildman–Crippen MR) is 67.7 cm³/mol. The van der Waals surface area contributed by atoms with Gasteiger partial charge in [-0.05, 0) is 31.9 Å². The third-order valence-electron chi connectivity index (χ3n) is 2.82. The Morgan fingerprint density at radius 3 is 2.75 bits per heavy atom. The van der Waals surface area contributed by atoms with Gasteiger partial charge in [-0.3, -0.25) is 4.79 Å². The minimum atomic E-state index is 0.0898. The zero-order valence-electron chi connectivity index (χ0n) is 10.2. The molecule has 0 spiro atoms. The van der Waals surface area contributed by atoms with Crippen LogP contribution in [0.1, 0.15) is 36.2 Å². The first kappa shape index (κ1) is 12.7. The molecule has 3 nitrogen and oxygen atoms in total. The molecular formula is C13H20N2O. The Bertz CT molecular complexity index is 374. The largest absolute Gasteiger partial charge is 0.398 e. The summed E-state index contributed by atoms with van der Waals surface area (Å²) < 4.78 is 0. The van der Waals surface area contributed by atoms with E-state index in [2.05, 4.69) is 19.2 Å². The van der Waals surface area contributed by atoms with Crippen molar-refractivity contribution in [2.24, 2.45) is 0 Å². The standard InChI is InChI=1S/C13H20N2O/c1-4-10(3)15-8-13(16)11-6-5-9(2)12(14)7-11/h5-7,10,15H,4,8,14H2,1-3H3. The van der Waals surface area contributed by atoms with Crippen molar-refractivity contribution in [1.29, 1.82) is 0 Å². The van der Waals surface area contributed by atoms with E-state index in [-0.39, 0.29) is 5.78 Å². The Hall–Kier alpha value is -1.35. The number of nitrogen functional groups attached to an aromatic ring is 1. The minimum Gasteiger partial charge on any atom is -0.398 e. The van der Waals surface area contributed by atoms with Crippen molar-refractivity contribution in [3.8, 4) is 0 Å². The number of Topliss-reactive ketones (excluding diaryl/α,β-unsaturated/α-hetero) is 1. The summed E-state index contributed by atoms with van der Waals surface area (Å²) in [6, 6.07) is 5.82. The van der Waals surface area contributed by atoms with E-state index < -0.39 is 0 Å². The van der Waals surface area contributed by atoms with Gasteiger partial charge < -0.3 is 11.1 Å². The van der Waals surface area contributed by atoms with Crippen LogP contribution in [-0.4, -0.2) is 18.4 Å². The Kier molecular flexibility index (Phi) is 4.50. The zero-order chi connectivity index (χ0) is 12.1. The average Bonchev–Trinajstić information content (AvgIpc) is 2.29. The molecule has 0 aliphatic rings. The summed E-state index contributed by atoms with van der Waals surface area (Å²) in [5, 5.41) is 3.17. The maximum Gasteiger partial charge on any atom is 0.176 e. The van der Waals surface area contributed by atoms with Gasteiger partial charge in [0.05, 0.1) is 6.54 Å². The summed E-state index contributed by atoms with van der Waals surface area (Å²) in [6.45, 7) is 6.46. The van der Waals surface area contributed by atoms with E-state index >= 15 is 0 Å². The van der Waals surface area contributed by atoms with Gasteiger partial charge in [0.2, 0.25) is 0 Å². The summed E-state index contributed by atoms with van der Waals surface area (Å²) >= 11 is 0. The summed E-state index contributed by atoms with van der Waals surface area (Å²) in [7, 11) is 0. The summed E-state index contributed by atoms with van der Waals surface area (Å²) in [6.07, 6.45) is 1.02. The van der Waals surface area contributed by atoms with Crippen molar-refractivity contribution in [3.05, 3.63) is 29.3 Å². The van der Waals surface area contributed by atoms with E-state index in [4.69, 9.17) is 5.73 Å². The van der Waals surface area contributed by atoms with Gasteiger partial charge in [0.15, 0.2) is 5.78 Å². The van der Waals surface area contributed by atoms with Gasteiger partial charge in [-0.25, -0.2) is 0 Å². The maximum absolute atomic E-state index is 11.8. The highest BCUT2D eigenvalue weighted by Gasteiger charge is 2.08. The molecule has 0 amide bonds. The van der Waals surface area contributed by atoms with E-state index in [0.29, 0.717) is 23.8 Å². The zero-order valence-corrected chi connectivity index (χ0v) is 10.2. The third-order valence-corrected chi connectivity index (χ3v) is 2.82. The monoisotopic (exact) mass is 220 g/mol. The number of rotatable bonds is 5. The number of carbonyl (C=O) groups is 1. The molecule has 0 aliphatic carbocycles. The van der Waals surface area contributed by atoms with Gasteiger partial charge in [-0.15, -0.1) is 0 Å². The van der Waals surface area contributed by atoms with Crippen molar-refractivity contribution in [2.75, 3.05) is 12.3 Å². The first-order chi connectivity index (χ1) is 7.54. The Labute approximate surface area is 97.0 Å². The van der Waals surface area contributed by atoms with Crippen molar-refractivity contribution in [3.63, 3.8) is 0 Å². The lowest BCUT2D eigenvalue weighted by atomic mass is 10.1. The lowest BCUT2D eigenvalue weighted by Gasteiger charge is -2.10. The molecule has 88 valence electrons. The lowest BCUT2D eigenvalue weighted by molar-refractivity contribution is 0.0987. The average molecular weight is 220 g/mol. The van der Waals surface area contributed by atoms with Crippen molar-refractivity contribution >= 4 is 11.5 Å². The van der Waals surface area contributed by atoms with Gasteiger partial charge in [0.25, 0.3) is 0 Å². The quantitative estimate of drug-likeness (QED) is 0.590. The number of anilines is 1. The van der Waals surface area contributed by atoms with Gasteiger partial charge in [-0.2, -0.15) is 0 Å². The van der Waals surface area contributed by atoms with E-state index in [9.17, 15) is 4.79 Å². The normalized spacial score (nSPS) is 12.4. The number of aryl methyl sites for hydroxylation is 1. The van der Waals surface area contributed by atoms with E-state index in [0.717, 1.165) is 12.0 Å². The highest BCUT2D eigenvalue weighted by Crippen LogP contribution is 2.13. The second-order valence-electron chi connectivity index (χ2n) is 4.18. The first-order valence-corrected chi connectivity index (χ1v) is 5.67. The number of benzene rings is 1. The SMILES string of the molecule is CCC(C)NCC(=O)c1ccc(C)c(N)c1. The molecule has 0 bridgehead atoms. The molecule has 0 saturated carbocycles. The Balaban J connectivity index is 2.63. The molecule has 3 N–H and O–H groups in total. The molecule has 1 aromatic carbocycles. The van der Waals surface area contributed by atoms with E-state index in [1.165, 1.54) is 0 Å². The van der Waals surface area contributed by atoms with Gasteiger partial charge in [0.1, 0.15) is 0 Å². The van der Waals surface area contributed by atoms with Crippen molar-refractivity contribution in [1.82, 2.24) is 5.32 Å². The second-order valence-corrected chi connectivity index (χ2v) is 4.18. The van der Waals surface area contributed by atoms with Crippen LogP contribution in [-0.2, 0) is 0 Å². The molecule has 0 radical (unpaired) electrons. The minimum absolute atomic E-state index is 0.0898. The molecule has 0 heterocycles. The van der Waals surface area contributed by atoms with Gasteiger partial charge >= 0.3 is 0 Å². The Morgan fingerprint density at radius 1 is 1.50 bits per heavy atom. The smallest absolute Gasteiger partial charge is 0.176 e. The number of ketones is 1. The Morgan fingerprint density at radius 2 is 2.19 bits per heavy atom. The number of nitrogens with one attached hydrogen (secondary N) is 1. The lowest BCUT2D eigenvalue weighted by Crippen LogP contribution is -2.30. The molecular weight excluding hydrogens is 200 g/mol. The molecule has 0 fully saturated rings. The molecule has 3 heteroatoms. The van der Waals surface area contributed by atoms with Crippen LogP contribution in [0, 0.1) is 6.92 Å². The fourth-order valence-corrected chi connectivity index (χ4v) is 1.33. The van der Waals surface area contributed by atoms with E-state index in [1.807, 2.05) is 19.1 Å². The number of hydrogen-bond acceptors (Lipinski definition) is 3. The summed E-state index contributed by atoms with van der Waals surface area (Å²) in [5.74, 6) is 0.0898. The van der Waals surface area contributed by atoms with Crippen molar-refractivity contribution < 1.29 is 4.79 Å². The summed E-state index contributed by atoms with van der Waals surface area (Å²) in [4.78, 5) is 11.8. The van der Waals surface area contributed by atoms with Gasteiger partial charge in [0, 0.05) is 17.3 Å². The number of hydrogen-bond donors (Lipinski definition) is 2. The van der Waals surface area contributed by atoms with Crippen LogP contribution in [0.25, 0.3) is 0 Å². The molecule has 16 heavy (non-hydrogen) atoms. The van der Waals surface area contributed by atoms with Crippen LogP contribution in [0.15, 0.2) is 18.2 Å². The van der Waals surface area contributed by atoms with Gasteiger partial charge in [-0.1, -0.05) is 19.1 Å². The molecule has 1 unspecified atom stereocenters. The molecule has 1 rings (SSSR count). The fraction of sp³-hybridized carbons (Fsp3) is 0.462. The topological polar surface area (TPSA) is 55.1 Å². The van der Waals surface area contributed by atoms with Crippen LogP contribution in [0.2, 0.25) is 0 Å². The molecule has 1 atom stereocenters. The molecule has 1 aromatic rings.